The molecule has 130 valence electrons. The van der Waals surface area contributed by atoms with Crippen molar-refractivity contribution in [1.82, 2.24) is 4.90 Å². The summed E-state index contributed by atoms with van der Waals surface area (Å²) >= 11 is 0. The second-order valence-corrected chi connectivity index (χ2v) is 6.03. The van der Waals surface area contributed by atoms with E-state index in [0.29, 0.717) is 17.0 Å². The first-order valence-corrected chi connectivity index (χ1v) is 8.01. The Balaban J connectivity index is 1.74. The molecule has 0 aliphatic carbocycles. The molecule has 25 heavy (non-hydrogen) atoms. The number of rotatable bonds is 4. The second-order valence-electron chi connectivity index (χ2n) is 6.03. The molecule has 1 heterocycles. The summed E-state index contributed by atoms with van der Waals surface area (Å²) in [6.07, 6.45) is -0.642. The van der Waals surface area contributed by atoms with Gasteiger partial charge in [-0.3, -0.25) is 14.5 Å². The van der Waals surface area contributed by atoms with Gasteiger partial charge in [-0.2, -0.15) is 0 Å². The zero-order valence-corrected chi connectivity index (χ0v) is 14.1. The molecule has 2 amide bonds. The molecule has 2 aromatic carbocycles. The minimum absolute atomic E-state index is 0.0879. The van der Waals surface area contributed by atoms with Gasteiger partial charge in [0.15, 0.2) is 6.10 Å². The van der Waals surface area contributed by atoms with E-state index in [0.717, 1.165) is 0 Å². The Kier molecular flexibility index (Phi) is 4.70. The molecule has 0 aromatic heterocycles. The normalized spacial score (nSPS) is 16.2. The van der Waals surface area contributed by atoms with Crippen LogP contribution < -0.4 is 9.64 Å². The molecular formula is C19H19FN2O3. The number of anilines is 1. The largest absolute Gasteiger partial charge is 0.479 e. The number of likely N-dealkylation sites (N-methyl/N-ethyl adjacent to an activating group) is 1. The Morgan fingerprint density at radius 1 is 1.24 bits per heavy atom. The zero-order chi connectivity index (χ0) is 18.0. The molecule has 0 spiro atoms. The van der Waals surface area contributed by atoms with Gasteiger partial charge < -0.3 is 9.64 Å². The number of amides is 2. The summed E-state index contributed by atoms with van der Waals surface area (Å²) in [6.45, 7) is 1.84. The third-order valence-electron chi connectivity index (χ3n) is 4.10. The maximum Gasteiger partial charge on any atom is 0.268 e. The van der Waals surface area contributed by atoms with Gasteiger partial charge in [-0.05, 0) is 36.8 Å². The highest BCUT2D eigenvalue weighted by Gasteiger charge is 2.33. The molecule has 1 atom stereocenters. The fraction of sp³-hybridized carbons (Fsp3) is 0.263. The lowest BCUT2D eigenvalue weighted by Gasteiger charge is -2.33. The van der Waals surface area contributed by atoms with Gasteiger partial charge in [-0.25, -0.2) is 4.39 Å². The number of fused-ring (bicyclic) bond motifs is 1. The average Bonchev–Trinajstić information content (AvgIpc) is 2.58. The number of carbonyl (C=O) groups excluding carboxylic acids is 2. The van der Waals surface area contributed by atoms with Crippen LogP contribution in [0.4, 0.5) is 10.1 Å². The van der Waals surface area contributed by atoms with E-state index in [-0.39, 0.29) is 30.7 Å². The van der Waals surface area contributed by atoms with Crippen molar-refractivity contribution in [3.05, 3.63) is 59.9 Å². The summed E-state index contributed by atoms with van der Waals surface area (Å²) in [5.74, 6) is -0.257. The molecule has 6 heteroatoms. The van der Waals surface area contributed by atoms with Crippen molar-refractivity contribution in [2.24, 2.45) is 0 Å². The van der Waals surface area contributed by atoms with Gasteiger partial charge in [0.1, 0.15) is 18.1 Å². The Bertz CT molecular complexity index is 809. The Morgan fingerprint density at radius 3 is 2.76 bits per heavy atom. The maximum atomic E-state index is 13.3. The minimum atomic E-state index is -0.642. The monoisotopic (exact) mass is 342 g/mol. The molecule has 0 N–H and O–H groups in total. The van der Waals surface area contributed by atoms with E-state index >= 15 is 0 Å². The molecule has 1 unspecified atom stereocenters. The Hall–Kier alpha value is -2.89. The number of carbonyl (C=O) groups is 2. The second kappa shape index (κ2) is 6.93. The van der Waals surface area contributed by atoms with Crippen LogP contribution in [0.25, 0.3) is 0 Å². The highest BCUT2D eigenvalue weighted by molar-refractivity contribution is 6.03. The number of halogens is 1. The number of para-hydroxylation sites is 2. The summed E-state index contributed by atoms with van der Waals surface area (Å²) in [4.78, 5) is 27.9. The molecule has 0 radical (unpaired) electrons. The lowest BCUT2D eigenvalue weighted by Crippen LogP contribution is -2.48. The van der Waals surface area contributed by atoms with Crippen LogP contribution in [-0.2, 0) is 16.1 Å². The van der Waals surface area contributed by atoms with Gasteiger partial charge in [0, 0.05) is 13.6 Å². The first kappa shape index (κ1) is 17.0. The van der Waals surface area contributed by atoms with Crippen LogP contribution in [0.2, 0.25) is 0 Å². The maximum absolute atomic E-state index is 13.3. The highest BCUT2D eigenvalue weighted by atomic mass is 19.1. The summed E-state index contributed by atoms with van der Waals surface area (Å²) in [5.41, 5.74) is 1.27. The summed E-state index contributed by atoms with van der Waals surface area (Å²) in [6, 6.07) is 13.2. The molecule has 1 aliphatic heterocycles. The van der Waals surface area contributed by atoms with Gasteiger partial charge in [-0.15, -0.1) is 0 Å². The number of ether oxygens (including phenoxy) is 1. The van der Waals surface area contributed by atoms with E-state index in [1.807, 2.05) is 6.07 Å². The van der Waals surface area contributed by atoms with Crippen molar-refractivity contribution < 1.29 is 18.7 Å². The highest BCUT2D eigenvalue weighted by Crippen LogP contribution is 2.33. The molecule has 3 rings (SSSR count). The third-order valence-corrected chi connectivity index (χ3v) is 4.10. The van der Waals surface area contributed by atoms with Crippen molar-refractivity contribution in [3.8, 4) is 5.75 Å². The van der Waals surface area contributed by atoms with Gasteiger partial charge >= 0.3 is 0 Å². The molecule has 0 bridgehead atoms. The summed E-state index contributed by atoms with van der Waals surface area (Å²) in [5, 5.41) is 0. The van der Waals surface area contributed by atoms with Gasteiger partial charge in [0.05, 0.1) is 5.69 Å². The molecule has 0 fully saturated rings. The first-order valence-electron chi connectivity index (χ1n) is 8.01. The van der Waals surface area contributed by atoms with Crippen molar-refractivity contribution in [2.45, 2.75) is 19.6 Å². The van der Waals surface area contributed by atoms with Crippen LogP contribution in [0.5, 0.6) is 5.75 Å². The smallest absolute Gasteiger partial charge is 0.268 e. The molecule has 2 aromatic rings. The van der Waals surface area contributed by atoms with Crippen LogP contribution in [-0.4, -0.2) is 36.4 Å². The number of hydrogen-bond donors (Lipinski definition) is 0. The quantitative estimate of drug-likeness (QED) is 0.858. The van der Waals surface area contributed by atoms with E-state index in [1.54, 1.807) is 44.3 Å². The summed E-state index contributed by atoms with van der Waals surface area (Å²) < 4.78 is 18.8. The molecule has 0 saturated heterocycles. The first-order chi connectivity index (χ1) is 12.0. The predicted octanol–water partition coefficient (Wildman–Crippen LogP) is 2.60. The number of nitrogens with zero attached hydrogens (tertiary/aromatic N) is 2. The van der Waals surface area contributed by atoms with Gasteiger partial charge in [0.2, 0.25) is 5.91 Å². The third kappa shape index (κ3) is 3.63. The average molecular weight is 342 g/mol. The van der Waals surface area contributed by atoms with Crippen molar-refractivity contribution in [2.75, 3.05) is 18.5 Å². The van der Waals surface area contributed by atoms with Crippen molar-refractivity contribution >= 4 is 17.5 Å². The SMILES string of the molecule is CC1Oc2ccccc2N(CC(=O)N(C)Cc2cccc(F)c2)C1=O. The standard InChI is InChI=1S/C19H19FN2O3/c1-13-19(24)22(16-8-3-4-9-17(16)25-13)12-18(23)21(2)11-14-6-5-7-15(20)10-14/h3-10,13H,11-12H2,1-2H3. The topological polar surface area (TPSA) is 49.9 Å². The van der Waals surface area contributed by atoms with Gasteiger partial charge in [0.25, 0.3) is 5.91 Å². The lowest BCUT2D eigenvalue weighted by atomic mass is 10.1. The van der Waals surface area contributed by atoms with Crippen LogP contribution in [0.15, 0.2) is 48.5 Å². The van der Waals surface area contributed by atoms with E-state index in [1.165, 1.54) is 21.9 Å². The predicted molar refractivity (Wildman–Crippen MR) is 91.8 cm³/mol. The van der Waals surface area contributed by atoms with E-state index in [9.17, 15) is 14.0 Å². The van der Waals surface area contributed by atoms with Crippen LogP contribution >= 0.6 is 0 Å². The zero-order valence-electron chi connectivity index (χ0n) is 14.1. The van der Waals surface area contributed by atoms with Crippen LogP contribution in [0, 0.1) is 5.82 Å². The van der Waals surface area contributed by atoms with Crippen LogP contribution in [0.1, 0.15) is 12.5 Å². The van der Waals surface area contributed by atoms with E-state index in [2.05, 4.69) is 0 Å². The van der Waals surface area contributed by atoms with Crippen molar-refractivity contribution in [3.63, 3.8) is 0 Å². The Morgan fingerprint density at radius 2 is 2.00 bits per heavy atom. The van der Waals surface area contributed by atoms with E-state index < -0.39 is 6.10 Å². The fourth-order valence-corrected chi connectivity index (χ4v) is 2.78. The minimum Gasteiger partial charge on any atom is -0.479 e. The molecule has 5 nitrogen and oxygen atoms in total. The summed E-state index contributed by atoms with van der Waals surface area (Å²) in [7, 11) is 1.63. The number of benzene rings is 2. The molecule has 1 aliphatic rings. The van der Waals surface area contributed by atoms with Gasteiger partial charge in [-0.1, -0.05) is 24.3 Å². The van der Waals surface area contributed by atoms with Crippen LogP contribution in [0.3, 0.4) is 0 Å². The number of hydrogen-bond acceptors (Lipinski definition) is 3. The van der Waals surface area contributed by atoms with Crippen molar-refractivity contribution in [1.29, 1.82) is 0 Å². The fourth-order valence-electron chi connectivity index (χ4n) is 2.78. The van der Waals surface area contributed by atoms with E-state index in [4.69, 9.17) is 4.74 Å². The molecule has 0 saturated carbocycles. The lowest BCUT2D eigenvalue weighted by molar-refractivity contribution is -0.132. The molecular weight excluding hydrogens is 323 g/mol. The Labute approximate surface area is 145 Å².